The van der Waals surface area contributed by atoms with E-state index in [2.05, 4.69) is 25.1 Å². The number of anilines is 1. The minimum Gasteiger partial charge on any atom is -0.491 e. The number of nitrogens with two attached hydrogens (primary N) is 1. The van der Waals surface area contributed by atoms with Crippen LogP contribution in [-0.2, 0) is 6.42 Å². The molecule has 3 nitrogen and oxygen atoms in total. The second kappa shape index (κ2) is 6.05. The average Bonchev–Trinajstić information content (AvgIpc) is 2.41. The van der Waals surface area contributed by atoms with E-state index in [1.807, 2.05) is 6.07 Å². The number of hydrogen-bond donors (Lipinski definition) is 1. The van der Waals surface area contributed by atoms with Gasteiger partial charge in [-0.05, 0) is 30.7 Å². The molecule has 0 fully saturated rings. The lowest BCUT2D eigenvalue weighted by atomic mass is 10.1. The highest BCUT2D eigenvalue weighted by Gasteiger charge is 2.02. The number of carbonyl (C=O) groups is 1. The fourth-order valence-corrected chi connectivity index (χ4v) is 1.90. The summed E-state index contributed by atoms with van der Waals surface area (Å²) in [6.07, 6.45) is 1.60. The summed E-state index contributed by atoms with van der Waals surface area (Å²) in [5.41, 5.74) is 9.39. The molecule has 19 heavy (non-hydrogen) atoms. The van der Waals surface area contributed by atoms with E-state index in [0.717, 1.165) is 12.7 Å². The third kappa shape index (κ3) is 3.58. The van der Waals surface area contributed by atoms with Gasteiger partial charge in [0, 0.05) is 12.0 Å². The summed E-state index contributed by atoms with van der Waals surface area (Å²) in [6, 6.07) is 13.3. The number of hydrogen-bond acceptors (Lipinski definition) is 3. The maximum Gasteiger partial charge on any atom is 0.150 e. The molecule has 2 aromatic carbocycles. The van der Waals surface area contributed by atoms with E-state index in [9.17, 15) is 4.79 Å². The highest BCUT2D eigenvalue weighted by molar-refractivity contribution is 5.77. The Morgan fingerprint density at radius 3 is 2.79 bits per heavy atom. The molecule has 0 amide bonds. The maximum absolute atomic E-state index is 10.7. The Labute approximate surface area is 113 Å². The minimum absolute atomic E-state index is 0.538. The van der Waals surface area contributed by atoms with Crippen molar-refractivity contribution in [3.8, 4) is 5.75 Å². The van der Waals surface area contributed by atoms with Crippen molar-refractivity contribution in [1.29, 1.82) is 0 Å². The molecule has 0 bridgehead atoms. The van der Waals surface area contributed by atoms with E-state index in [4.69, 9.17) is 10.5 Å². The van der Waals surface area contributed by atoms with Crippen molar-refractivity contribution < 1.29 is 9.53 Å². The lowest BCUT2D eigenvalue weighted by molar-refractivity contribution is 0.112. The first-order chi connectivity index (χ1) is 9.19. The molecule has 0 spiro atoms. The van der Waals surface area contributed by atoms with Crippen molar-refractivity contribution in [2.75, 3.05) is 12.3 Å². The topological polar surface area (TPSA) is 52.3 Å². The van der Waals surface area contributed by atoms with Crippen molar-refractivity contribution in [2.24, 2.45) is 0 Å². The molecule has 3 heteroatoms. The van der Waals surface area contributed by atoms with Gasteiger partial charge in [-0.15, -0.1) is 0 Å². The normalized spacial score (nSPS) is 10.2. The molecule has 2 N–H and O–H groups in total. The van der Waals surface area contributed by atoms with Crippen LogP contribution in [-0.4, -0.2) is 12.9 Å². The number of aryl methyl sites for hydroxylation is 1. The molecule has 0 unspecified atom stereocenters. The smallest absolute Gasteiger partial charge is 0.150 e. The van der Waals surface area contributed by atoms with Gasteiger partial charge in [0.1, 0.15) is 12.0 Å². The first-order valence-corrected chi connectivity index (χ1v) is 6.22. The molecule has 0 aliphatic rings. The summed E-state index contributed by atoms with van der Waals surface area (Å²) < 4.78 is 5.64. The molecule has 0 radical (unpaired) electrons. The van der Waals surface area contributed by atoms with Crippen LogP contribution in [0.25, 0.3) is 0 Å². The van der Waals surface area contributed by atoms with Crippen molar-refractivity contribution in [2.45, 2.75) is 13.3 Å². The van der Waals surface area contributed by atoms with Crippen LogP contribution >= 0.6 is 0 Å². The van der Waals surface area contributed by atoms with E-state index < -0.39 is 0 Å². The first kappa shape index (κ1) is 13.1. The molecule has 98 valence electrons. The number of carbonyl (C=O) groups excluding carboxylic acids is 1. The lowest BCUT2D eigenvalue weighted by Crippen LogP contribution is -2.04. The van der Waals surface area contributed by atoms with Gasteiger partial charge >= 0.3 is 0 Å². The lowest BCUT2D eigenvalue weighted by Gasteiger charge is -2.09. The van der Waals surface area contributed by atoms with Crippen molar-refractivity contribution >= 4 is 12.0 Å². The number of benzene rings is 2. The second-order valence-corrected chi connectivity index (χ2v) is 4.50. The van der Waals surface area contributed by atoms with E-state index in [1.54, 1.807) is 18.2 Å². The fourth-order valence-electron chi connectivity index (χ4n) is 1.90. The third-order valence-electron chi connectivity index (χ3n) is 2.90. The number of nitrogen functional groups attached to an aromatic ring is 1. The summed E-state index contributed by atoms with van der Waals surface area (Å²) in [5.74, 6) is 0.567. The Morgan fingerprint density at radius 2 is 2.05 bits per heavy atom. The highest BCUT2D eigenvalue weighted by atomic mass is 16.5. The van der Waals surface area contributed by atoms with Crippen LogP contribution in [0.5, 0.6) is 5.75 Å². The van der Waals surface area contributed by atoms with Crippen molar-refractivity contribution in [3.05, 3.63) is 59.2 Å². The Morgan fingerprint density at radius 1 is 1.21 bits per heavy atom. The van der Waals surface area contributed by atoms with E-state index in [-0.39, 0.29) is 0 Å². The third-order valence-corrected chi connectivity index (χ3v) is 2.90. The Balaban J connectivity index is 1.97. The summed E-state index contributed by atoms with van der Waals surface area (Å²) in [7, 11) is 0. The monoisotopic (exact) mass is 255 g/mol. The molecule has 0 atom stereocenters. The van der Waals surface area contributed by atoms with Gasteiger partial charge in [0.2, 0.25) is 0 Å². The summed E-state index contributed by atoms with van der Waals surface area (Å²) in [5, 5.41) is 0. The van der Waals surface area contributed by atoms with Crippen LogP contribution in [0.1, 0.15) is 21.5 Å². The Bertz CT molecular complexity index is 579. The van der Waals surface area contributed by atoms with E-state index >= 15 is 0 Å². The Hall–Kier alpha value is -2.29. The molecule has 2 aromatic rings. The first-order valence-electron chi connectivity index (χ1n) is 6.22. The molecule has 0 aromatic heterocycles. The van der Waals surface area contributed by atoms with Crippen LogP contribution < -0.4 is 10.5 Å². The second-order valence-electron chi connectivity index (χ2n) is 4.50. The van der Waals surface area contributed by atoms with Crippen molar-refractivity contribution in [3.63, 3.8) is 0 Å². The maximum atomic E-state index is 10.7. The fraction of sp³-hybridized carbons (Fsp3) is 0.188. The quantitative estimate of drug-likeness (QED) is 0.660. The van der Waals surface area contributed by atoms with E-state index in [0.29, 0.717) is 23.6 Å². The predicted molar refractivity (Wildman–Crippen MR) is 76.6 cm³/mol. The van der Waals surface area contributed by atoms with Gasteiger partial charge in [0.25, 0.3) is 0 Å². The number of rotatable bonds is 5. The summed E-state index contributed by atoms with van der Waals surface area (Å²) >= 11 is 0. The standard InChI is InChI=1S/C16H17NO2/c1-12-3-2-4-13(9-12)7-8-19-16-10-14(11-18)5-6-15(16)17/h2-6,9-11H,7-8,17H2,1H3. The zero-order valence-electron chi connectivity index (χ0n) is 10.9. The van der Waals surface area contributed by atoms with Gasteiger partial charge in [-0.25, -0.2) is 0 Å². The van der Waals surface area contributed by atoms with Crippen LogP contribution in [0.3, 0.4) is 0 Å². The van der Waals surface area contributed by atoms with Crippen molar-refractivity contribution in [1.82, 2.24) is 0 Å². The zero-order chi connectivity index (χ0) is 13.7. The van der Waals surface area contributed by atoms with Crippen LogP contribution in [0.15, 0.2) is 42.5 Å². The van der Waals surface area contributed by atoms with Gasteiger partial charge in [-0.2, -0.15) is 0 Å². The van der Waals surface area contributed by atoms with Crippen LogP contribution in [0.4, 0.5) is 5.69 Å². The molecular formula is C16H17NO2. The average molecular weight is 255 g/mol. The van der Waals surface area contributed by atoms with Gasteiger partial charge in [0.15, 0.2) is 0 Å². The summed E-state index contributed by atoms with van der Waals surface area (Å²) in [4.78, 5) is 10.7. The van der Waals surface area contributed by atoms with E-state index in [1.165, 1.54) is 11.1 Å². The molecule has 0 aliphatic carbocycles. The SMILES string of the molecule is Cc1cccc(CCOc2cc(C=O)ccc2N)c1. The van der Waals surface area contributed by atoms with Crippen LogP contribution in [0.2, 0.25) is 0 Å². The number of aldehydes is 1. The molecule has 0 saturated carbocycles. The highest BCUT2D eigenvalue weighted by Crippen LogP contribution is 2.22. The molecule has 0 saturated heterocycles. The van der Waals surface area contributed by atoms with Gasteiger partial charge in [-0.1, -0.05) is 29.8 Å². The van der Waals surface area contributed by atoms with Gasteiger partial charge in [0.05, 0.1) is 12.3 Å². The minimum atomic E-state index is 0.538. The number of ether oxygens (including phenoxy) is 1. The molecular weight excluding hydrogens is 238 g/mol. The van der Waals surface area contributed by atoms with Gasteiger partial charge < -0.3 is 10.5 Å². The van der Waals surface area contributed by atoms with Crippen LogP contribution in [0, 0.1) is 6.92 Å². The molecule has 2 rings (SSSR count). The summed E-state index contributed by atoms with van der Waals surface area (Å²) in [6.45, 7) is 2.60. The molecule has 0 aliphatic heterocycles. The molecule has 0 heterocycles. The zero-order valence-corrected chi connectivity index (χ0v) is 10.9. The Kier molecular flexibility index (Phi) is 4.18. The largest absolute Gasteiger partial charge is 0.491 e. The predicted octanol–water partition coefficient (Wildman–Crippen LogP) is 3.01. The van der Waals surface area contributed by atoms with Gasteiger partial charge in [-0.3, -0.25) is 4.79 Å².